The van der Waals surface area contributed by atoms with Crippen molar-refractivity contribution in [3.63, 3.8) is 0 Å². The molecular formula is C15H14N2O3. The predicted octanol–water partition coefficient (Wildman–Crippen LogP) is 1.52. The minimum atomic E-state index is -0.146. The van der Waals surface area contributed by atoms with Crippen LogP contribution < -0.4 is 5.32 Å². The third kappa shape index (κ3) is 2.30. The number of amides is 2. The third-order valence-corrected chi connectivity index (χ3v) is 3.27. The normalized spacial score (nSPS) is 15.0. The van der Waals surface area contributed by atoms with Gasteiger partial charge in [-0.3, -0.25) is 9.59 Å². The van der Waals surface area contributed by atoms with Crippen molar-refractivity contribution in [2.75, 3.05) is 19.6 Å². The smallest absolute Gasteiger partial charge is 0.255 e. The second kappa shape index (κ2) is 5.21. The molecule has 0 aliphatic carbocycles. The monoisotopic (exact) mass is 270 g/mol. The molecular weight excluding hydrogens is 256 g/mol. The average molecular weight is 270 g/mol. The van der Waals surface area contributed by atoms with E-state index in [1.54, 1.807) is 23.3 Å². The Morgan fingerprint density at radius 2 is 2.05 bits per heavy atom. The Balaban J connectivity index is 1.94. The molecule has 5 nitrogen and oxygen atoms in total. The van der Waals surface area contributed by atoms with E-state index in [-0.39, 0.29) is 18.4 Å². The molecule has 1 saturated heterocycles. The topological polar surface area (TPSA) is 62.6 Å². The maximum Gasteiger partial charge on any atom is 0.255 e. The van der Waals surface area contributed by atoms with Gasteiger partial charge < -0.3 is 14.6 Å². The number of carbonyl (C=O) groups excluding carboxylic acids is 2. The Labute approximate surface area is 116 Å². The van der Waals surface area contributed by atoms with Crippen LogP contribution in [-0.2, 0) is 4.79 Å². The molecule has 0 spiro atoms. The van der Waals surface area contributed by atoms with Crippen molar-refractivity contribution in [3.05, 3.63) is 48.2 Å². The number of carbonyl (C=O) groups is 2. The molecule has 0 radical (unpaired) electrons. The lowest BCUT2D eigenvalue weighted by Crippen LogP contribution is -2.50. The Morgan fingerprint density at radius 1 is 1.20 bits per heavy atom. The van der Waals surface area contributed by atoms with Crippen molar-refractivity contribution < 1.29 is 14.0 Å². The number of hydrogen-bond acceptors (Lipinski definition) is 3. The number of furan rings is 1. The summed E-state index contributed by atoms with van der Waals surface area (Å²) < 4.78 is 5.37. The predicted molar refractivity (Wildman–Crippen MR) is 73.1 cm³/mol. The quantitative estimate of drug-likeness (QED) is 0.900. The Morgan fingerprint density at radius 3 is 2.80 bits per heavy atom. The summed E-state index contributed by atoms with van der Waals surface area (Å²) in [7, 11) is 0. The Hall–Kier alpha value is -2.56. The van der Waals surface area contributed by atoms with Gasteiger partial charge in [-0.15, -0.1) is 0 Å². The molecule has 1 aliphatic heterocycles. The van der Waals surface area contributed by atoms with Gasteiger partial charge in [-0.1, -0.05) is 18.2 Å². The molecule has 5 heteroatoms. The van der Waals surface area contributed by atoms with Crippen LogP contribution >= 0.6 is 0 Å². The zero-order chi connectivity index (χ0) is 13.9. The maximum atomic E-state index is 12.6. The SMILES string of the molecule is O=C1CN(C(=O)c2ccccc2-c2ccco2)CCN1. The van der Waals surface area contributed by atoms with Gasteiger partial charge in [0.2, 0.25) is 5.91 Å². The molecule has 1 aliphatic rings. The second-order valence-corrected chi connectivity index (χ2v) is 4.60. The van der Waals surface area contributed by atoms with E-state index in [9.17, 15) is 9.59 Å². The minimum absolute atomic E-state index is 0.103. The number of benzene rings is 1. The van der Waals surface area contributed by atoms with Crippen molar-refractivity contribution in [2.45, 2.75) is 0 Å². The molecule has 0 atom stereocenters. The van der Waals surface area contributed by atoms with Crippen molar-refractivity contribution in [1.82, 2.24) is 10.2 Å². The fourth-order valence-corrected chi connectivity index (χ4v) is 2.30. The lowest BCUT2D eigenvalue weighted by atomic mass is 10.0. The first-order chi connectivity index (χ1) is 9.75. The van der Waals surface area contributed by atoms with E-state index in [0.29, 0.717) is 24.4 Å². The second-order valence-electron chi connectivity index (χ2n) is 4.60. The van der Waals surface area contributed by atoms with E-state index in [0.717, 1.165) is 5.56 Å². The molecule has 1 N–H and O–H groups in total. The fourth-order valence-electron chi connectivity index (χ4n) is 2.30. The van der Waals surface area contributed by atoms with Gasteiger partial charge in [0.1, 0.15) is 5.76 Å². The maximum absolute atomic E-state index is 12.6. The van der Waals surface area contributed by atoms with Crippen LogP contribution in [0, 0.1) is 0 Å². The minimum Gasteiger partial charge on any atom is -0.464 e. The largest absolute Gasteiger partial charge is 0.464 e. The first-order valence-corrected chi connectivity index (χ1v) is 6.44. The van der Waals surface area contributed by atoms with Gasteiger partial charge in [0.05, 0.1) is 18.4 Å². The Bertz CT molecular complexity index is 634. The molecule has 0 saturated carbocycles. The van der Waals surface area contributed by atoms with Gasteiger partial charge in [-0.25, -0.2) is 0 Å². The lowest BCUT2D eigenvalue weighted by Gasteiger charge is -2.27. The molecule has 2 heterocycles. The number of piperazine rings is 1. The van der Waals surface area contributed by atoms with Crippen LogP contribution in [0.3, 0.4) is 0 Å². The number of rotatable bonds is 2. The van der Waals surface area contributed by atoms with Gasteiger partial charge >= 0.3 is 0 Å². The average Bonchev–Trinajstić information content (AvgIpc) is 3.00. The summed E-state index contributed by atoms with van der Waals surface area (Å²) in [5.74, 6) is 0.377. The standard InChI is InChI=1S/C15H14N2O3/c18-14-10-17(8-7-16-14)15(19)12-5-2-1-4-11(12)13-6-3-9-20-13/h1-6,9H,7-8,10H2,(H,16,18). The van der Waals surface area contributed by atoms with Crippen LogP contribution in [0.4, 0.5) is 0 Å². The first kappa shape index (κ1) is 12.5. The number of nitrogens with one attached hydrogen (secondary N) is 1. The highest BCUT2D eigenvalue weighted by molar-refractivity contribution is 6.02. The number of hydrogen-bond donors (Lipinski definition) is 1. The van der Waals surface area contributed by atoms with E-state index in [2.05, 4.69) is 5.32 Å². The van der Waals surface area contributed by atoms with Gasteiger partial charge in [-0.2, -0.15) is 0 Å². The van der Waals surface area contributed by atoms with Crippen LogP contribution in [0.5, 0.6) is 0 Å². The van der Waals surface area contributed by atoms with E-state index in [4.69, 9.17) is 4.42 Å². The molecule has 3 rings (SSSR count). The van der Waals surface area contributed by atoms with Crippen molar-refractivity contribution in [1.29, 1.82) is 0 Å². The van der Waals surface area contributed by atoms with Gasteiger partial charge in [0, 0.05) is 18.7 Å². The van der Waals surface area contributed by atoms with Crippen LogP contribution in [-0.4, -0.2) is 36.3 Å². The van der Waals surface area contributed by atoms with Gasteiger partial charge in [0.15, 0.2) is 0 Å². The summed E-state index contributed by atoms with van der Waals surface area (Å²) in [4.78, 5) is 25.5. The van der Waals surface area contributed by atoms with Gasteiger partial charge in [-0.05, 0) is 18.2 Å². The zero-order valence-corrected chi connectivity index (χ0v) is 10.8. The molecule has 2 aromatic rings. The fraction of sp³-hybridized carbons (Fsp3) is 0.200. The molecule has 1 aromatic heterocycles. The third-order valence-electron chi connectivity index (χ3n) is 3.27. The van der Waals surface area contributed by atoms with E-state index < -0.39 is 0 Å². The Kier molecular flexibility index (Phi) is 3.25. The summed E-state index contributed by atoms with van der Waals surface area (Å²) in [5, 5.41) is 2.71. The van der Waals surface area contributed by atoms with Crippen LogP contribution in [0.1, 0.15) is 10.4 Å². The lowest BCUT2D eigenvalue weighted by molar-refractivity contribution is -0.123. The highest BCUT2D eigenvalue weighted by atomic mass is 16.3. The molecule has 2 amide bonds. The van der Waals surface area contributed by atoms with E-state index in [1.165, 1.54) is 0 Å². The van der Waals surface area contributed by atoms with Crippen molar-refractivity contribution in [3.8, 4) is 11.3 Å². The van der Waals surface area contributed by atoms with Crippen molar-refractivity contribution in [2.24, 2.45) is 0 Å². The summed E-state index contributed by atoms with van der Waals surface area (Å²) in [6.45, 7) is 1.12. The van der Waals surface area contributed by atoms with Gasteiger partial charge in [0.25, 0.3) is 5.91 Å². The first-order valence-electron chi connectivity index (χ1n) is 6.44. The summed E-state index contributed by atoms with van der Waals surface area (Å²) in [6.07, 6.45) is 1.57. The molecule has 0 unspecified atom stereocenters. The zero-order valence-electron chi connectivity index (χ0n) is 10.8. The summed E-state index contributed by atoms with van der Waals surface area (Å²) >= 11 is 0. The van der Waals surface area contributed by atoms with Crippen LogP contribution in [0.15, 0.2) is 47.1 Å². The molecule has 1 aromatic carbocycles. The molecule has 102 valence electrons. The molecule has 0 bridgehead atoms. The highest BCUT2D eigenvalue weighted by Gasteiger charge is 2.24. The number of nitrogens with zero attached hydrogens (tertiary/aromatic N) is 1. The molecule has 1 fully saturated rings. The van der Waals surface area contributed by atoms with E-state index in [1.807, 2.05) is 24.3 Å². The summed E-state index contributed by atoms with van der Waals surface area (Å²) in [5.41, 5.74) is 1.30. The molecule has 20 heavy (non-hydrogen) atoms. The van der Waals surface area contributed by atoms with E-state index >= 15 is 0 Å². The van der Waals surface area contributed by atoms with Crippen LogP contribution in [0.2, 0.25) is 0 Å². The summed E-state index contributed by atoms with van der Waals surface area (Å²) in [6, 6.07) is 10.9. The van der Waals surface area contributed by atoms with Crippen molar-refractivity contribution >= 4 is 11.8 Å². The highest BCUT2D eigenvalue weighted by Crippen LogP contribution is 2.25. The van der Waals surface area contributed by atoms with Crippen LogP contribution in [0.25, 0.3) is 11.3 Å².